The first-order chi connectivity index (χ1) is 12.7. The zero-order valence-corrected chi connectivity index (χ0v) is 15.2. The second-order valence-corrected chi connectivity index (χ2v) is 6.88. The molecule has 4 rings (SSSR count). The van der Waals surface area contributed by atoms with Gasteiger partial charge in [0.15, 0.2) is 11.0 Å². The van der Waals surface area contributed by atoms with Gasteiger partial charge in [-0.25, -0.2) is 4.79 Å². The van der Waals surface area contributed by atoms with Crippen LogP contribution < -0.4 is 10.6 Å². The molecule has 1 saturated heterocycles. The molecular formula is C18H21ClN6O. The fourth-order valence-electron chi connectivity index (χ4n) is 3.46. The van der Waals surface area contributed by atoms with Crippen molar-refractivity contribution in [3.05, 3.63) is 52.0 Å². The largest absolute Gasteiger partial charge is 0.353 e. The van der Waals surface area contributed by atoms with Gasteiger partial charge < -0.3 is 9.88 Å². The third-order valence-corrected chi connectivity index (χ3v) is 5.05. The lowest BCUT2D eigenvalue weighted by Gasteiger charge is -2.35. The van der Waals surface area contributed by atoms with Gasteiger partial charge in [0.1, 0.15) is 0 Å². The zero-order chi connectivity index (χ0) is 17.9. The molecule has 1 aliphatic heterocycles. The Balaban J connectivity index is 1.29. The molecule has 26 heavy (non-hydrogen) atoms. The van der Waals surface area contributed by atoms with Crippen molar-refractivity contribution < 1.29 is 0 Å². The molecule has 3 heterocycles. The van der Waals surface area contributed by atoms with Crippen molar-refractivity contribution in [1.82, 2.24) is 24.6 Å². The number of nitrogens with one attached hydrogen (secondary N) is 1. The molecule has 2 aromatic heterocycles. The van der Waals surface area contributed by atoms with E-state index in [9.17, 15) is 4.79 Å². The summed E-state index contributed by atoms with van der Waals surface area (Å²) in [5, 5.41) is 8.47. The number of fused-ring (bicyclic) bond motifs is 1. The number of benzene rings is 1. The SMILES string of the molecule is O=c1[nH]c2ccccc2n1CCCN1CCN(c2ccc(Cl)nn2)CC1. The first-order valence-corrected chi connectivity index (χ1v) is 9.22. The third kappa shape index (κ3) is 3.59. The second kappa shape index (κ2) is 7.47. The van der Waals surface area contributed by atoms with Gasteiger partial charge in [-0.3, -0.25) is 9.47 Å². The van der Waals surface area contributed by atoms with Gasteiger partial charge in [0, 0.05) is 32.7 Å². The predicted molar refractivity (Wildman–Crippen MR) is 103 cm³/mol. The smallest absolute Gasteiger partial charge is 0.326 e. The van der Waals surface area contributed by atoms with E-state index in [0.29, 0.717) is 5.15 Å². The first-order valence-electron chi connectivity index (χ1n) is 8.85. The molecular weight excluding hydrogens is 352 g/mol. The van der Waals surface area contributed by atoms with Crippen molar-refractivity contribution in [2.45, 2.75) is 13.0 Å². The standard InChI is InChI=1S/C18H21ClN6O/c19-16-6-7-17(22-21-16)24-12-10-23(11-13-24)8-3-9-25-15-5-2-1-4-14(15)20-18(25)26/h1-2,4-7H,3,8-13H2,(H,20,26). The summed E-state index contributed by atoms with van der Waals surface area (Å²) in [5.41, 5.74) is 1.84. The number of halogens is 1. The summed E-state index contributed by atoms with van der Waals surface area (Å²) in [7, 11) is 0. The minimum absolute atomic E-state index is 0.0302. The molecule has 0 saturated carbocycles. The molecule has 1 N–H and O–H groups in total. The Kier molecular flexibility index (Phi) is 4.90. The molecule has 0 unspecified atom stereocenters. The number of aromatic amines is 1. The summed E-state index contributed by atoms with van der Waals surface area (Å²) >= 11 is 5.79. The maximum Gasteiger partial charge on any atom is 0.326 e. The molecule has 0 radical (unpaired) electrons. The Labute approximate surface area is 156 Å². The first kappa shape index (κ1) is 17.1. The van der Waals surface area contributed by atoms with Crippen LogP contribution in [0.1, 0.15) is 6.42 Å². The predicted octanol–water partition coefficient (Wildman–Crippen LogP) is 1.99. The molecule has 1 aromatic carbocycles. The number of nitrogens with zero attached hydrogens (tertiary/aromatic N) is 5. The number of para-hydroxylation sites is 2. The Morgan fingerprint density at radius 2 is 1.81 bits per heavy atom. The van der Waals surface area contributed by atoms with E-state index < -0.39 is 0 Å². The van der Waals surface area contributed by atoms with Crippen LogP contribution in [0.2, 0.25) is 5.15 Å². The molecule has 0 spiro atoms. The highest BCUT2D eigenvalue weighted by Gasteiger charge is 2.18. The summed E-state index contributed by atoms with van der Waals surface area (Å²) in [6.45, 7) is 5.50. The third-order valence-electron chi connectivity index (χ3n) is 4.85. The Bertz CT molecular complexity index is 927. The summed E-state index contributed by atoms with van der Waals surface area (Å²) in [5.74, 6) is 0.874. The normalized spacial score (nSPS) is 15.7. The monoisotopic (exact) mass is 372 g/mol. The molecule has 136 valence electrons. The maximum atomic E-state index is 12.1. The Morgan fingerprint density at radius 1 is 1.00 bits per heavy atom. The van der Waals surface area contributed by atoms with E-state index >= 15 is 0 Å². The molecule has 8 heteroatoms. The highest BCUT2D eigenvalue weighted by atomic mass is 35.5. The average Bonchev–Trinajstić information content (AvgIpc) is 2.99. The van der Waals surface area contributed by atoms with Gasteiger partial charge in [-0.05, 0) is 37.2 Å². The number of imidazole rings is 1. The van der Waals surface area contributed by atoms with Crippen LogP contribution in [0.5, 0.6) is 0 Å². The van der Waals surface area contributed by atoms with Crippen molar-refractivity contribution >= 4 is 28.5 Å². The van der Waals surface area contributed by atoms with E-state index in [1.165, 1.54) is 0 Å². The molecule has 3 aromatic rings. The quantitative estimate of drug-likeness (QED) is 0.741. The van der Waals surface area contributed by atoms with Crippen molar-refractivity contribution in [3.63, 3.8) is 0 Å². The van der Waals surface area contributed by atoms with Crippen molar-refractivity contribution in [3.8, 4) is 0 Å². The molecule has 1 aliphatic rings. The number of hydrogen-bond acceptors (Lipinski definition) is 5. The van der Waals surface area contributed by atoms with E-state index in [1.807, 2.05) is 34.9 Å². The molecule has 0 amide bonds. The Morgan fingerprint density at radius 3 is 2.58 bits per heavy atom. The highest BCUT2D eigenvalue weighted by molar-refractivity contribution is 6.29. The fraction of sp³-hybridized carbons (Fsp3) is 0.389. The molecule has 0 atom stereocenters. The van der Waals surface area contributed by atoms with Crippen molar-refractivity contribution in [2.75, 3.05) is 37.6 Å². The van der Waals surface area contributed by atoms with Crippen LogP contribution in [0.4, 0.5) is 5.82 Å². The van der Waals surface area contributed by atoms with E-state index in [1.54, 1.807) is 6.07 Å². The van der Waals surface area contributed by atoms with Gasteiger partial charge in [0.2, 0.25) is 0 Å². The molecule has 7 nitrogen and oxygen atoms in total. The van der Waals surface area contributed by atoms with Crippen LogP contribution in [0.3, 0.4) is 0 Å². The van der Waals surface area contributed by atoms with Gasteiger partial charge in [-0.1, -0.05) is 23.7 Å². The van der Waals surface area contributed by atoms with Gasteiger partial charge >= 0.3 is 5.69 Å². The van der Waals surface area contributed by atoms with Crippen LogP contribution in [0.25, 0.3) is 11.0 Å². The number of anilines is 1. The van der Waals surface area contributed by atoms with Crippen LogP contribution in [0, 0.1) is 0 Å². The minimum Gasteiger partial charge on any atom is -0.353 e. The van der Waals surface area contributed by atoms with Crippen LogP contribution in [-0.4, -0.2) is 57.4 Å². The number of aryl methyl sites for hydroxylation is 1. The minimum atomic E-state index is -0.0302. The lowest BCUT2D eigenvalue weighted by Crippen LogP contribution is -2.47. The topological polar surface area (TPSA) is 70.1 Å². The van der Waals surface area contributed by atoms with Crippen molar-refractivity contribution in [1.29, 1.82) is 0 Å². The van der Waals surface area contributed by atoms with Gasteiger partial charge in [-0.2, -0.15) is 0 Å². The number of hydrogen-bond donors (Lipinski definition) is 1. The lowest BCUT2D eigenvalue weighted by atomic mass is 10.2. The second-order valence-electron chi connectivity index (χ2n) is 6.50. The number of aromatic nitrogens is 4. The molecule has 0 bridgehead atoms. The van der Waals surface area contributed by atoms with E-state index in [-0.39, 0.29) is 5.69 Å². The van der Waals surface area contributed by atoms with Gasteiger partial charge in [0.25, 0.3) is 0 Å². The Hall–Kier alpha value is -2.38. The van der Waals surface area contributed by atoms with Crippen LogP contribution in [-0.2, 0) is 6.54 Å². The summed E-state index contributed by atoms with van der Waals surface area (Å²) in [4.78, 5) is 19.7. The fourth-order valence-corrected chi connectivity index (χ4v) is 3.56. The number of H-pyrrole nitrogens is 1. The number of rotatable bonds is 5. The zero-order valence-electron chi connectivity index (χ0n) is 14.4. The maximum absolute atomic E-state index is 12.1. The number of piperazine rings is 1. The van der Waals surface area contributed by atoms with E-state index in [2.05, 4.69) is 25.0 Å². The van der Waals surface area contributed by atoms with Crippen LogP contribution in [0.15, 0.2) is 41.2 Å². The summed E-state index contributed by atoms with van der Waals surface area (Å²) < 4.78 is 1.83. The van der Waals surface area contributed by atoms with E-state index in [0.717, 1.165) is 62.5 Å². The summed E-state index contributed by atoms with van der Waals surface area (Å²) in [6.07, 6.45) is 0.947. The summed E-state index contributed by atoms with van der Waals surface area (Å²) in [6, 6.07) is 11.5. The van der Waals surface area contributed by atoms with Gasteiger partial charge in [0.05, 0.1) is 11.0 Å². The molecule has 1 fully saturated rings. The van der Waals surface area contributed by atoms with Crippen molar-refractivity contribution in [2.24, 2.45) is 0 Å². The highest BCUT2D eigenvalue weighted by Crippen LogP contribution is 2.15. The van der Waals surface area contributed by atoms with Crippen LogP contribution >= 0.6 is 11.6 Å². The average molecular weight is 373 g/mol. The van der Waals surface area contributed by atoms with Gasteiger partial charge in [-0.15, -0.1) is 10.2 Å². The molecule has 0 aliphatic carbocycles. The van der Waals surface area contributed by atoms with E-state index in [4.69, 9.17) is 11.6 Å². The lowest BCUT2D eigenvalue weighted by molar-refractivity contribution is 0.250.